The second kappa shape index (κ2) is 6.93. The van der Waals surface area contributed by atoms with Gasteiger partial charge < -0.3 is 10.1 Å². The summed E-state index contributed by atoms with van der Waals surface area (Å²) in [7, 11) is 0. The van der Waals surface area contributed by atoms with Crippen molar-refractivity contribution in [3.63, 3.8) is 0 Å². The predicted molar refractivity (Wildman–Crippen MR) is 80.3 cm³/mol. The zero-order valence-electron chi connectivity index (χ0n) is 10.9. The van der Waals surface area contributed by atoms with Crippen molar-refractivity contribution in [2.45, 2.75) is 13.5 Å². The lowest BCUT2D eigenvalue weighted by molar-refractivity contribution is 0.436. The quantitative estimate of drug-likeness (QED) is 0.835. The van der Waals surface area contributed by atoms with Crippen molar-refractivity contribution < 1.29 is 9.13 Å². The maximum atomic E-state index is 13.9. The van der Waals surface area contributed by atoms with E-state index in [2.05, 4.69) is 5.32 Å². The third-order valence-electron chi connectivity index (χ3n) is 2.72. The number of benzene rings is 2. The summed E-state index contributed by atoms with van der Waals surface area (Å²) < 4.78 is 19.5. The van der Waals surface area contributed by atoms with Crippen molar-refractivity contribution in [2.75, 3.05) is 6.54 Å². The standard InChI is InChI=1S/C15H14Cl2FNO/c1-2-19-9-10-8-11(16)6-7-13(10)20-14-5-3-4-12(17)15(14)18/h3-8,19H,2,9H2,1H3. The van der Waals surface area contributed by atoms with Gasteiger partial charge in [-0.25, -0.2) is 4.39 Å². The number of halogens is 3. The third kappa shape index (κ3) is 3.63. The van der Waals surface area contributed by atoms with Gasteiger partial charge in [-0.3, -0.25) is 0 Å². The van der Waals surface area contributed by atoms with E-state index in [1.807, 2.05) is 6.92 Å². The minimum absolute atomic E-state index is 0.0321. The molecular formula is C15H14Cl2FNO. The molecular weight excluding hydrogens is 300 g/mol. The molecule has 0 aliphatic rings. The molecule has 0 heterocycles. The smallest absolute Gasteiger partial charge is 0.184 e. The first-order valence-corrected chi connectivity index (χ1v) is 6.98. The van der Waals surface area contributed by atoms with Crippen molar-refractivity contribution in [2.24, 2.45) is 0 Å². The van der Waals surface area contributed by atoms with Crippen LogP contribution in [0.25, 0.3) is 0 Å². The molecule has 0 unspecified atom stereocenters. The number of ether oxygens (including phenoxy) is 1. The molecule has 2 aromatic rings. The Morgan fingerprint density at radius 1 is 1.15 bits per heavy atom. The van der Waals surface area contributed by atoms with Gasteiger partial charge in [0.1, 0.15) is 5.75 Å². The van der Waals surface area contributed by atoms with Crippen LogP contribution in [0, 0.1) is 5.82 Å². The molecule has 2 nitrogen and oxygen atoms in total. The summed E-state index contributed by atoms with van der Waals surface area (Å²) in [6.45, 7) is 3.41. The van der Waals surface area contributed by atoms with Gasteiger partial charge in [0.15, 0.2) is 11.6 Å². The normalized spacial score (nSPS) is 10.6. The average molecular weight is 314 g/mol. The molecule has 5 heteroatoms. The molecule has 1 N–H and O–H groups in total. The summed E-state index contributed by atoms with van der Waals surface area (Å²) in [5.41, 5.74) is 0.860. The summed E-state index contributed by atoms with van der Waals surface area (Å²) in [6.07, 6.45) is 0. The molecule has 2 rings (SSSR count). The van der Waals surface area contributed by atoms with Crippen LogP contribution in [-0.2, 0) is 6.54 Å². The second-order valence-corrected chi connectivity index (χ2v) is 5.03. The van der Waals surface area contributed by atoms with Gasteiger partial charge >= 0.3 is 0 Å². The fourth-order valence-corrected chi connectivity index (χ4v) is 2.09. The largest absolute Gasteiger partial charge is 0.454 e. The summed E-state index contributed by atoms with van der Waals surface area (Å²) in [5.74, 6) is 0.0765. The monoisotopic (exact) mass is 313 g/mol. The van der Waals surface area contributed by atoms with Crippen LogP contribution in [0.15, 0.2) is 36.4 Å². The first kappa shape index (κ1) is 15.1. The van der Waals surface area contributed by atoms with Crippen LogP contribution in [-0.4, -0.2) is 6.54 Å². The van der Waals surface area contributed by atoms with E-state index in [1.165, 1.54) is 12.1 Å². The van der Waals surface area contributed by atoms with Gasteiger partial charge in [-0.1, -0.05) is 36.2 Å². The molecule has 0 saturated carbocycles. The van der Waals surface area contributed by atoms with E-state index in [-0.39, 0.29) is 10.8 Å². The number of nitrogens with one attached hydrogen (secondary N) is 1. The summed E-state index contributed by atoms with van der Waals surface area (Å²) in [6, 6.07) is 9.87. The first-order valence-electron chi connectivity index (χ1n) is 6.23. The van der Waals surface area contributed by atoms with Crippen LogP contribution in [0.2, 0.25) is 10.0 Å². The minimum atomic E-state index is -0.571. The summed E-state index contributed by atoms with van der Waals surface area (Å²) in [5, 5.41) is 3.83. The van der Waals surface area contributed by atoms with E-state index in [0.717, 1.165) is 12.1 Å². The Balaban J connectivity index is 2.30. The van der Waals surface area contributed by atoms with Gasteiger partial charge in [-0.05, 0) is 36.9 Å². The first-order chi connectivity index (χ1) is 9.61. The van der Waals surface area contributed by atoms with Crippen LogP contribution in [0.4, 0.5) is 4.39 Å². The van der Waals surface area contributed by atoms with E-state index < -0.39 is 5.82 Å². The van der Waals surface area contributed by atoms with Crippen molar-refractivity contribution in [3.8, 4) is 11.5 Å². The Morgan fingerprint density at radius 2 is 1.95 bits per heavy atom. The van der Waals surface area contributed by atoms with Gasteiger partial charge in [0.05, 0.1) is 5.02 Å². The van der Waals surface area contributed by atoms with Gasteiger partial charge in [0.25, 0.3) is 0 Å². The van der Waals surface area contributed by atoms with Crippen LogP contribution < -0.4 is 10.1 Å². The zero-order valence-corrected chi connectivity index (χ0v) is 12.4. The molecule has 0 aliphatic heterocycles. The molecule has 20 heavy (non-hydrogen) atoms. The molecule has 106 valence electrons. The molecule has 2 aromatic carbocycles. The molecule has 0 amide bonds. The lowest BCUT2D eigenvalue weighted by Crippen LogP contribution is -2.12. The van der Waals surface area contributed by atoms with Crippen molar-refractivity contribution in [1.82, 2.24) is 5.32 Å². The summed E-state index contributed by atoms with van der Waals surface area (Å²) in [4.78, 5) is 0. The van der Waals surface area contributed by atoms with Crippen LogP contribution in [0.3, 0.4) is 0 Å². The van der Waals surface area contributed by atoms with Crippen LogP contribution >= 0.6 is 23.2 Å². The molecule has 0 radical (unpaired) electrons. The van der Waals surface area contributed by atoms with Crippen molar-refractivity contribution >= 4 is 23.2 Å². The lowest BCUT2D eigenvalue weighted by atomic mass is 10.2. The number of hydrogen-bond acceptors (Lipinski definition) is 2. The topological polar surface area (TPSA) is 21.3 Å². The van der Waals surface area contributed by atoms with E-state index in [9.17, 15) is 4.39 Å². The Kier molecular flexibility index (Phi) is 5.24. The molecule has 0 aliphatic carbocycles. The Morgan fingerprint density at radius 3 is 2.70 bits per heavy atom. The molecule has 0 spiro atoms. The Labute approximate surface area is 127 Å². The highest BCUT2D eigenvalue weighted by atomic mass is 35.5. The van der Waals surface area contributed by atoms with E-state index in [1.54, 1.807) is 24.3 Å². The van der Waals surface area contributed by atoms with Gasteiger partial charge in [0, 0.05) is 17.1 Å². The number of rotatable bonds is 5. The summed E-state index contributed by atoms with van der Waals surface area (Å²) >= 11 is 11.7. The predicted octanol–water partition coefficient (Wildman–Crippen LogP) is 5.03. The van der Waals surface area contributed by atoms with E-state index >= 15 is 0 Å². The molecule has 0 atom stereocenters. The minimum Gasteiger partial charge on any atom is -0.454 e. The van der Waals surface area contributed by atoms with E-state index in [4.69, 9.17) is 27.9 Å². The fraction of sp³-hybridized carbons (Fsp3) is 0.200. The van der Waals surface area contributed by atoms with Gasteiger partial charge in [-0.15, -0.1) is 0 Å². The molecule has 0 aromatic heterocycles. The van der Waals surface area contributed by atoms with Gasteiger partial charge in [0.2, 0.25) is 0 Å². The average Bonchev–Trinajstić information content (AvgIpc) is 2.44. The second-order valence-electron chi connectivity index (χ2n) is 4.19. The highest BCUT2D eigenvalue weighted by Crippen LogP contribution is 2.31. The van der Waals surface area contributed by atoms with Crippen molar-refractivity contribution in [1.29, 1.82) is 0 Å². The Hall–Kier alpha value is -1.29. The van der Waals surface area contributed by atoms with Crippen LogP contribution in [0.1, 0.15) is 12.5 Å². The maximum Gasteiger partial charge on any atom is 0.184 e. The van der Waals surface area contributed by atoms with Crippen LogP contribution in [0.5, 0.6) is 11.5 Å². The third-order valence-corrected chi connectivity index (χ3v) is 3.25. The molecule has 0 saturated heterocycles. The highest BCUT2D eigenvalue weighted by molar-refractivity contribution is 6.31. The number of hydrogen-bond donors (Lipinski definition) is 1. The van der Waals surface area contributed by atoms with Gasteiger partial charge in [-0.2, -0.15) is 0 Å². The maximum absolute atomic E-state index is 13.9. The lowest BCUT2D eigenvalue weighted by Gasteiger charge is -2.13. The fourth-order valence-electron chi connectivity index (χ4n) is 1.73. The SMILES string of the molecule is CCNCc1cc(Cl)ccc1Oc1cccc(Cl)c1F. The highest BCUT2D eigenvalue weighted by Gasteiger charge is 2.11. The zero-order chi connectivity index (χ0) is 14.5. The molecule has 0 fully saturated rings. The molecule has 0 bridgehead atoms. The van der Waals surface area contributed by atoms with E-state index in [0.29, 0.717) is 17.3 Å². The Bertz CT molecular complexity index is 604. The van der Waals surface area contributed by atoms with Crippen molar-refractivity contribution in [3.05, 3.63) is 57.8 Å².